The van der Waals surface area contributed by atoms with Crippen molar-refractivity contribution in [1.29, 1.82) is 0 Å². The third kappa shape index (κ3) is 5.41. The Kier molecular flexibility index (Phi) is 6.69. The summed E-state index contributed by atoms with van der Waals surface area (Å²) < 4.78 is 17.0. The number of hydrogen-bond donors (Lipinski definition) is 1. The quantitative estimate of drug-likeness (QED) is 0.701. The van der Waals surface area contributed by atoms with Crippen molar-refractivity contribution in [3.63, 3.8) is 0 Å². The number of carboxylic acids is 1. The molecule has 2 aromatic carbocycles. The van der Waals surface area contributed by atoms with Crippen LogP contribution in [0.25, 0.3) is 0 Å². The van der Waals surface area contributed by atoms with E-state index in [0.717, 1.165) is 22.4 Å². The summed E-state index contributed by atoms with van der Waals surface area (Å²) in [5.41, 5.74) is 3.03. The Morgan fingerprint density at radius 3 is 2.52 bits per heavy atom. The second-order valence-electron chi connectivity index (χ2n) is 5.81. The minimum absolute atomic E-state index is 0.0442. The monoisotopic (exact) mass is 344 g/mol. The van der Waals surface area contributed by atoms with Crippen LogP contribution in [0.15, 0.2) is 36.4 Å². The molecule has 0 aliphatic carbocycles. The molecule has 0 atom stereocenters. The maximum atomic E-state index is 10.8. The van der Waals surface area contributed by atoms with Gasteiger partial charge in [0.15, 0.2) is 11.5 Å². The van der Waals surface area contributed by atoms with Gasteiger partial charge in [-0.2, -0.15) is 0 Å². The molecule has 2 rings (SSSR count). The van der Waals surface area contributed by atoms with Crippen LogP contribution in [0, 0.1) is 13.8 Å². The lowest BCUT2D eigenvalue weighted by Crippen LogP contribution is -2.11. The molecule has 0 fully saturated rings. The van der Waals surface area contributed by atoms with Gasteiger partial charge in [-0.3, -0.25) is 4.79 Å². The average molecular weight is 344 g/mol. The second-order valence-corrected chi connectivity index (χ2v) is 5.81. The number of aliphatic carboxylic acids is 1. The molecule has 0 spiro atoms. The molecule has 0 bridgehead atoms. The van der Waals surface area contributed by atoms with E-state index < -0.39 is 5.97 Å². The SMILES string of the molecule is COc1cccc(CCC(=O)O)c1OCCOc1cc(C)ccc1C. The van der Waals surface area contributed by atoms with Gasteiger partial charge in [-0.1, -0.05) is 24.3 Å². The Hall–Kier alpha value is -2.69. The lowest BCUT2D eigenvalue weighted by atomic mass is 10.1. The lowest BCUT2D eigenvalue weighted by molar-refractivity contribution is -0.136. The van der Waals surface area contributed by atoms with Crippen LogP contribution in [0.1, 0.15) is 23.1 Å². The molecule has 2 aromatic rings. The highest BCUT2D eigenvalue weighted by Gasteiger charge is 2.12. The third-order valence-corrected chi connectivity index (χ3v) is 3.82. The molecule has 5 nitrogen and oxygen atoms in total. The molecular formula is C20H24O5. The number of rotatable bonds is 9. The number of benzene rings is 2. The van der Waals surface area contributed by atoms with E-state index in [1.54, 1.807) is 13.2 Å². The highest BCUT2D eigenvalue weighted by Crippen LogP contribution is 2.32. The summed E-state index contributed by atoms with van der Waals surface area (Å²) >= 11 is 0. The van der Waals surface area contributed by atoms with E-state index in [1.807, 2.05) is 44.2 Å². The fraction of sp³-hybridized carbons (Fsp3) is 0.350. The Bertz CT molecular complexity index is 724. The van der Waals surface area contributed by atoms with Crippen molar-refractivity contribution >= 4 is 5.97 Å². The van der Waals surface area contributed by atoms with Crippen LogP contribution < -0.4 is 14.2 Å². The number of carbonyl (C=O) groups is 1. The highest BCUT2D eigenvalue weighted by atomic mass is 16.5. The van der Waals surface area contributed by atoms with Crippen LogP contribution in [0.5, 0.6) is 17.2 Å². The van der Waals surface area contributed by atoms with Gasteiger partial charge in [0.2, 0.25) is 0 Å². The van der Waals surface area contributed by atoms with Crippen molar-refractivity contribution in [2.24, 2.45) is 0 Å². The summed E-state index contributed by atoms with van der Waals surface area (Å²) in [5.74, 6) is 1.17. The van der Waals surface area contributed by atoms with Crippen LogP contribution in [0.3, 0.4) is 0 Å². The minimum Gasteiger partial charge on any atom is -0.493 e. The fourth-order valence-electron chi connectivity index (χ4n) is 2.48. The maximum absolute atomic E-state index is 10.8. The van der Waals surface area contributed by atoms with E-state index in [1.165, 1.54) is 0 Å². The summed E-state index contributed by atoms with van der Waals surface area (Å²) in [4.78, 5) is 10.8. The number of carboxylic acid groups (broad SMARTS) is 1. The molecule has 0 radical (unpaired) electrons. The topological polar surface area (TPSA) is 65.0 Å². The molecule has 0 aliphatic heterocycles. The largest absolute Gasteiger partial charge is 0.493 e. The van der Waals surface area contributed by atoms with Crippen LogP contribution in [0.4, 0.5) is 0 Å². The smallest absolute Gasteiger partial charge is 0.303 e. The Morgan fingerprint density at radius 2 is 1.80 bits per heavy atom. The van der Waals surface area contributed by atoms with E-state index in [4.69, 9.17) is 19.3 Å². The molecule has 0 amide bonds. The van der Waals surface area contributed by atoms with Gasteiger partial charge in [0.25, 0.3) is 0 Å². The van der Waals surface area contributed by atoms with Crippen molar-refractivity contribution in [3.05, 3.63) is 53.1 Å². The Labute approximate surface area is 148 Å². The molecule has 0 aromatic heterocycles. The van der Waals surface area contributed by atoms with E-state index in [-0.39, 0.29) is 6.42 Å². The predicted molar refractivity (Wildman–Crippen MR) is 95.9 cm³/mol. The van der Waals surface area contributed by atoms with E-state index in [0.29, 0.717) is 31.1 Å². The molecule has 1 N–H and O–H groups in total. The van der Waals surface area contributed by atoms with Crippen LogP contribution in [0.2, 0.25) is 0 Å². The van der Waals surface area contributed by atoms with Gasteiger partial charge >= 0.3 is 5.97 Å². The number of ether oxygens (including phenoxy) is 3. The summed E-state index contributed by atoms with van der Waals surface area (Å²) in [6.45, 7) is 4.75. The van der Waals surface area contributed by atoms with E-state index >= 15 is 0 Å². The molecule has 0 heterocycles. The van der Waals surface area contributed by atoms with Crippen LogP contribution >= 0.6 is 0 Å². The van der Waals surface area contributed by atoms with E-state index in [9.17, 15) is 4.79 Å². The zero-order valence-corrected chi connectivity index (χ0v) is 14.9. The van der Waals surface area contributed by atoms with Gasteiger partial charge in [-0.25, -0.2) is 0 Å². The van der Waals surface area contributed by atoms with Gasteiger partial charge < -0.3 is 19.3 Å². The first-order valence-corrected chi connectivity index (χ1v) is 8.21. The van der Waals surface area contributed by atoms with Gasteiger partial charge in [0.05, 0.1) is 7.11 Å². The van der Waals surface area contributed by atoms with Gasteiger partial charge in [0, 0.05) is 6.42 Å². The Morgan fingerprint density at radius 1 is 1.04 bits per heavy atom. The van der Waals surface area contributed by atoms with Crippen molar-refractivity contribution < 1.29 is 24.1 Å². The zero-order chi connectivity index (χ0) is 18.2. The molecule has 0 saturated carbocycles. The molecule has 134 valence electrons. The summed E-state index contributed by atoms with van der Waals surface area (Å²) in [6, 6.07) is 11.5. The first kappa shape index (κ1) is 18.6. The van der Waals surface area contributed by atoms with E-state index in [2.05, 4.69) is 0 Å². The molecule has 0 saturated heterocycles. The molecule has 5 heteroatoms. The second kappa shape index (κ2) is 8.97. The standard InChI is InChI=1S/C20H24O5/c1-14-7-8-15(2)18(13-14)24-11-12-25-20-16(9-10-19(21)22)5-4-6-17(20)23-3/h4-8,13H,9-12H2,1-3H3,(H,21,22). The number of para-hydroxylation sites is 1. The van der Waals surface area contributed by atoms with Gasteiger partial charge in [0.1, 0.15) is 19.0 Å². The number of hydrogen-bond acceptors (Lipinski definition) is 4. The maximum Gasteiger partial charge on any atom is 0.303 e. The Balaban J connectivity index is 1.99. The van der Waals surface area contributed by atoms with Crippen molar-refractivity contribution in [2.75, 3.05) is 20.3 Å². The van der Waals surface area contributed by atoms with Crippen LogP contribution in [-0.4, -0.2) is 31.4 Å². The van der Waals surface area contributed by atoms with Gasteiger partial charge in [-0.15, -0.1) is 0 Å². The molecule has 0 unspecified atom stereocenters. The zero-order valence-electron chi connectivity index (χ0n) is 14.9. The van der Waals surface area contributed by atoms with Gasteiger partial charge in [-0.05, 0) is 49.1 Å². The normalized spacial score (nSPS) is 10.4. The molecule has 0 aliphatic rings. The summed E-state index contributed by atoms with van der Waals surface area (Å²) in [5, 5.41) is 8.89. The average Bonchev–Trinajstić information content (AvgIpc) is 2.59. The van der Waals surface area contributed by atoms with Crippen molar-refractivity contribution in [2.45, 2.75) is 26.7 Å². The first-order valence-electron chi connectivity index (χ1n) is 8.21. The molecular weight excluding hydrogens is 320 g/mol. The first-order chi connectivity index (χ1) is 12.0. The molecule has 25 heavy (non-hydrogen) atoms. The van der Waals surface area contributed by atoms with Crippen molar-refractivity contribution in [3.8, 4) is 17.2 Å². The highest BCUT2D eigenvalue weighted by molar-refractivity contribution is 5.67. The predicted octanol–water partition coefficient (Wildman–Crippen LogP) is 3.79. The van der Waals surface area contributed by atoms with Crippen LogP contribution in [-0.2, 0) is 11.2 Å². The van der Waals surface area contributed by atoms with Crippen molar-refractivity contribution in [1.82, 2.24) is 0 Å². The fourth-order valence-corrected chi connectivity index (χ4v) is 2.48. The number of aryl methyl sites for hydroxylation is 3. The summed E-state index contributed by atoms with van der Waals surface area (Å²) in [7, 11) is 1.57. The third-order valence-electron chi connectivity index (χ3n) is 3.82. The minimum atomic E-state index is -0.841. The summed E-state index contributed by atoms with van der Waals surface area (Å²) in [6.07, 6.45) is 0.433. The number of methoxy groups -OCH3 is 1. The lowest BCUT2D eigenvalue weighted by Gasteiger charge is -2.15.